The molecule has 1 unspecified atom stereocenters. The van der Waals surface area contributed by atoms with Gasteiger partial charge in [0.05, 0.1) is 11.5 Å². The average molecular weight is 318 g/mol. The summed E-state index contributed by atoms with van der Waals surface area (Å²) in [6.07, 6.45) is 2.82. The highest BCUT2D eigenvalue weighted by Gasteiger charge is 2.23. The molecule has 0 spiro atoms. The van der Waals surface area contributed by atoms with Crippen molar-refractivity contribution in [3.63, 3.8) is 0 Å². The lowest BCUT2D eigenvalue weighted by Crippen LogP contribution is -2.40. The maximum atomic E-state index is 12.3. The van der Waals surface area contributed by atoms with Crippen LogP contribution in [0.15, 0.2) is 16.3 Å². The van der Waals surface area contributed by atoms with Crippen molar-refractivity contribution in [3.8, 4) is 0 Å². The normalized spacial score (nSPS) is 20.1. The van der Waals surface area contributed by atoms with Crippen LogP contribution in [0.25, 0.3) is 0 Å². The molecule has 5 nitrogen and oxygen atoms in total. The van der Waals surface area contributed by atoms with Crippen LogP contribution in [0.3, 0.4) is 0 Å². The summed E-state index contributed by atoms with van der Waals surface area (Å²) in [5.74, 6) is 0. The Morgan fingerprint density at radius 2 is 2.35 bits per heavy atom. The van der Waals surface area contributed by atoms with Gasteiger partial charge in [0.1, 0.15) is 0 Å². The van der Waals surface area contributed by atoms with Crippen LogP contribution >= 0.6 is 11.3 Å². The molecule has 7 heteroatoms. The van der Waals surface area contributed by atoms with Crippen LogP contribution in [0.4, 0.5) is 0 Å². The quantitative estimate of drug-likeness (QED) is 0.751. The van der Waals surface area contributed by atoms with Gasteiger partial charge in [0.2, 0.25) is 10.0 Å². The molecule has 0 aliphatic carbocycles. The number of ether oxygens (including phenoxy) is 1. The standard InChI is InChI=1S/C13H22N2O3S2/c1-2-5-14-8-12-7-13(10-19-12)20(16,17)15-11-4-3-6-18-9-11/h7,10-11,14-15H,2-6,8-9H2,1H3. The van der Waals surface area contributed by atoms with Crippen molar-refractivity contribution in [3.05, 3.63) is 16.3 Å². The van der Waals surface area contributed by atoms with E-state index in [0.717, 1.165) is 43.8 Å². The summed E-state index contributed by atoms with van der Waals surface area (Å²) in [5, 5.41) is 4.98. The Bertz CT molecular complexity index is 507. The van der Waals surface area contributed by atoms with Crippen LogP contribution in [-0.2, 0) is 21.3 Å². The van der Waals surface area contributed by atoms with Crippen molar-refractivity contribution >= 4 is 21.4 Å². The highest BCUT2D eigenvalue weighted by atomic mass is 32.2. The molecule has 2 heterocycles. The summed E-state index contributed by atoms with van der Waals surface area (Å²) in [6, 6.07) is 1.65. The Labute approximate surface area is 124 Å². The van der Waals surface area contributed by atoms with Gasteiger partial charge in [0.15, 0.2) is 0 Å². The first-order valence-corrected chi connectivity index (χ1v) is 9.36. The first-order chi connectivity index (χ1) is 9.62. The lowest BCUT2D eigenvalue weighted by molar-refractivity contribution is 0.0774. The van der Waals surface area contributed by atoms with Crippen LogP contribution in [0, 0.1) is 0 Å². The van der Waals surface area contributed by atoms with Crippen LogP contribution < -0.4 is 10.0 Å². The highest BCUT2D eigenvalue weighted by Crippen LogP contribution is 2.20. The predicted molar refractivity (Wildman–Crippen MR) is 80.5 cm³/mol. The van der Waals surface area contributed by atoms with Gasteiger partial charge in [-0.05, 0) is 31.9 Å². The van der Waals surface area contributed by atoms with E-state index in [9.17, 15) is 8.42 Å². The van der Waals surface area contributed by atoms with Gasteiger partial charge >= 0.3 is 0 Å². The average Bonchev–Trinajstić information content (AvgIpc) is 2.89. The lowest BCUT2D eigenvalue weighted by Gasteiger charge is -2.22. The number of sulfonamides is 1. The third kappa shape index (κ3) is 4.53. The largest absolute Gasteiger partial charge is 0.380 e. The highest BCUT2D eigenvalue weighted by molar-refractivity contribution is 7.89. The maximum absolute atomic E-state index is 12.3. The zero-order chi connectivity index (χ0) is 14.4. The number of hydrogen-bond donors (Lipinski definition) is 2. The first kappa shape index (κ1) is 15.9. The van der Waals surface area contributed by atoms with Gasteiger partial charge in [-0.2, -0.15) is 0 Å². The van der Waals surface area contributed by atoms with Crippen LogP contribution in [0.1, 0.15) is 31.1 Å². The molecule has 1 atom stereocenters. The molecule has 1 saturated heterocycles. The smallest absolute Gasteiger partial charge is 0.241 e. The number of rotatable bonds is 7. The van der Waals surface area contributed by atoms with E-state index in [2.05, 4.69) is 17.0 Å². The fraction of sp³-hybridized carbons (Fsp3) is 0.692. The van der Waals surface area contributed by atoms with Gasteiger partial charge in [0.25, 0.3) is 0 Å². The molecular formula is C13H22N2O3S2. The molecule has 1 fully saturated rings. The molecule has 0 radical (unpaired) electrons. The number of hydrogen-bond acceptors (Lipinski definition) is 5. The topological polar surface area (TPSA) is 67.4 Å². The molecule has 114 valence electrons. The molecule has 1 aromatic rings. The molecule has 0 amide bonds. The summed E-state index contributed by atoms with van der Waals surface area (Å²) < 4.78 is 32.6. The second kappa shape index (κ2) is 7.51. The van der Waals surface area contributed by atoms with Gasteiger partial charge in [-0.3, -0.25) is 0 Å². The second-order valence-electron chi connectivity index (χ2n) is 4.96. The fourth-order valence-electron chi connectivity index (χ4n) is 2.10. The van der Waals surface area contributed by atoms with E-state index in [1.54, 1.807) is 11.4 Å². The van der Waals surface area contributed by atoms with E-state index in [4.69, 9.17) is 4.74 Å². The molecule has 1 aromatic heterocycles. The molecule has 20 heavy (non-hydrogen) atoms. The molecule has 2 N–H and O–H groups in total. The molecule has 0 saturated carbocycles. The van der Waals surface area contributed by atoms with Crippen molar-refractivity contribution < 1.29 is 13.2 Å². The van der Waals surface area contributed by atoms with E-state index < -0.39 is 10.0 Å². The Hall–Kier alpha value is -0.470. The van der Waals surface area contributed by atoms with Crippen LogP contribution in [-0.4, -0.2) is 34.2 Å². The lowest BCUT2D eigenvalue weighted by atomic mass is 10.1. The number of nitrogens with one attached hydrogen (secondary N) is 2. The minimum absolute atomic E-state index is 0.102. The Morgan fingerprint density at radius 3 is 3.05 bits per heavy atom. The van der Waals surface area contributed by atoms with E-state index in [1.165, 1.54) is 11.3 Å². The molecule has 1 aliphatic rings. The van der Waals surface area contributed by atoms with E-state index in [1.807, 2.05) is 0 Å². The van der Waals surface area contributed by atoms with Crippen LogP contribution in [0.2, 0.25) is 0 Å². The minimum Gasteiger partial charge on any atom is -0.380 e. The minimum atomic E-state index is -3.42. The van der Waals surface area contributed by atoms with Crippen molar-refractivity contribution in [2.45, 2.75) is 43.7 Å². The summed E-state index contributed by atoms with van der Waals surface area (Å²) in [6.45, 7) is 4.96. The zero-order valence-corrected chi connectivity index (χ0v) is 13.4. The Morgan fingerprint density at radius 1 is 1.50 bits per heavy atom. The van der Waals surface area contributed by atoms with Crippen LogP contribution in [0.5, 0.6) is 0 Å². The second-order valence-corrected chi connectivity index (χ2v) is 7.67. The van der Waals surface area contributed by atoms with Crippen molar-refractivity contribution in [2.75, 3.05) is 19.8 Å². The zero-order valence-electron chi connectivity index (χ0n) is 11.7. The van der Waals surface area contributed by atoms with Crippen molar-refractivity contribution in [1.29, 1.82) is 0 Å². The van der Waals surface area contributed by atoms with Crippen molar-refractivity contribution in [1.82, 2.24) is 10.0 Å². The van der Waals surface area contributed by atoms with Gasteiger partial charge in [-0.15, -0.1) is 11.3 Å². The molecule has 1 aliphatic heterocycles. The van der Waals surface area contributed by atoms with Crippen molar-refractivity contribution in [2.24, 2.45) is 0 Å². The maximum Gasteiger partial charge on any atom is 0.241 e. The van der Waals surface area contributed by atoms with Gasteiger partial charge in [-0.25, -0.2) is 13.1 Å². The summed E-state index contributed by atoms with van der Waals surface area (Å²) in [4.78, 5) is 1.40. The first-order valence-electron chi connectivity index (χ1n) is 7.00. The molecule has 0 bridgehead atoms. The third-order valence-corrected chi connectivity index (χ3v) is 5.73. The summed E-state index contributed by atoms with van der Waals surface area (Å²) >= 11 is 1.48. The molecular weight excluding hydrogens is 296 g/mol. The van der Waals surface area contributed by atoms with E-state index >= 15 is 0 Å². The third-order valence-electron chi connectivity index (χ3n) is 3.15. The Kier molecular flexibility index (Phi) is 5.98. The fourth-order valence-corrected chi connectivity index (χ4v) is 4.60. The Balaban J connectivity index is 1.94. The predicted octanol–water partition coefficient (Wildman–Crippen LogP) is 1.70. The van der Waals surface area contributed by atoms with Gasteiger partial charge < -0.3 is 10.1 Å². The monoisotopic (exact) mass is 318 g/mol. The number of thiophene rings is 1. The SMILES string of the molecule is CCCNCc1cc(S(=O)(=O)NC2CCCOC2)cs1. The summed E-state index contributed by atoms with van der Waals surface area (Å²) in [5.41, 5.74) is 0. The molecule has 0 aromatic carbocycles. The van der Waals surface area contributed by atoms with E-state index in [0.29, 0.717) is 11.5 Å². The summed E-state index contributed by atoms with van der Waals surface area (Å²) in [7, 11) is -3.42. The van der Waals surface area contributed by atoms with E-state index in [-0.39, 0.29) is 6.04 Å². The van der Waals surface area contributed by atoms with Gasteiger partial charge in [-0.1, -0.05) is 6.92 Å². The van der Waals surface area contributed by atoms with Gasteiger partial charge in [0, 0.05) is 29.5 Å². The molecule has 2 rings (SSSR count).